The molecule has 0 atom stereocenters. The second-order valence-corrected chi connectivity index (χ2v) is 54.1. The lowest BCUT2D eigenvalue weighted by molar-refractivity contribution is 0.0980. The van der Waals surface area contributed by atoms with E-state index in [4.69, 9.17) is 209 Å². The van der Waals surface area contributed by atoms with Crippen molar-refractivity contribution >= 4 is 338 Å². The second-order valence-electron chi connectivity index (χ2n) is 30.4. The number of halogens is 18. The van der Waals surface area contributed by atoms with E-state index in [1.54, 1.807) is 109 Å². The van der Waals surface area contributed by atoms with Gasteiger partial charge in [0.2, 0.25) is 0 Å². The van der Waals surface area contributed by atoms with Crippen molar-refractivity contribution in [1.82, 2.24) is 0 Å². The maximum atomic E-state index is 13.9. The van der Waals surface area contributed by atoms with Gasteiger partial charge in [0.15, 0.2) is 60.5 Å². The van der Waals surface area contributed by atoms with Gasteiger partial charge in [0.25, 0.3) is 60.1 Å². The number of carbonyl (C=O) groups is 6. The Morgan fingerprint density at radius 3 is 0.347 bits per heavy atom. The summed E-state index contributed by atoms with van der Waals surface area (Å²) in [6, 6.07) is 64.3. The molecule has 15 rings (SSSR count). The molecule has 3 aliphatic rings. The monoisotopic (exact) mass is 2430 g/mol. The number of ketones is 6. The zero-order valence-electron chi connectivity index (χ0n) is 77.0. The molecule has 48 heteroatoms. The lowest BCUT2D eigenvalue weighted by atomic mass is 9.82. The molecule has 12 aromatic carbocycles. The summed E-state index contributed by atoms with van der Waals surface area (Å²) in [7, 11) is -17.0. The number of rotatable bonds is 18. The average molecular weight is 2440 g/mol. The first-order valence-corrected chi connectivity index (χ1v) is 57.4. The lowest BCUT2D eigenvalue weighted by Gasteiger charge is -2.30. The Morgan fingerprint density at radius 1 is 0.167 bits per heavy atom. The van der Waals surface area contributed by atoms with Crippen LogP contribution in [-0.2, 0) is 60.1 Å². The Bertz CT molecular complexity index is 6320. The summed E-state index contributed by atoms with van der Waals surface area (Å²) in [4.78, 5) is 83.3. The summed E-state index contributed by atoms with van der Waals surface area (Å²) in [5.41, 5.74) is 4.67. The highest BCUT2D eigenvalue weighted by atomic mass is 35.6. The fourth-order valence-electron chi connectivity index (χ4n) is 14.1. The normalized spacial score (nSPS) is 12.3. The van der Waals surface area contributed by atoms with Gasteiger partial charge in [-0.05, 0) is 151 Å². The zero-order chi connectivity index (χ0) is 108. The van der Waals surface area contributed by atoms with E-state index >= 15 is 0 Å². The molecule has 0 fully saturated rings. The smallest absolute Gasteiger partial charge is 0.264 e. The highest BCUT2D eigenvalue weighted by Crippen LogP contribution is 2.46. The summed E-state index contributed by atoms with van der Waals surface area (Å²) in [5, 5.41) is 0. The summed E-state index contributed by atoms with van der Waals surface area (Å²) in [6.07, 6.45) is 0. The first-order valence-electron chi connectivity index (χ1n) is 40.9. The van der Waals surface area contributed by atoms with Crippen LogP contribution in [0.25, 0.3) is 0 Å². The van der Waals surface area contributed by atoms with E-state index in [9.17, 15) is 79.3 Å². The van der Waals surface area contributed by atoms with Crippen LogP contribution in [0.3, 0.4) is 0 Å². The fraction of sp³-hybridized carbons (Fsp3) is 0.188. The number of fused-ring (bicyclic) bond motifs is 6. The van der Waals surface area contributed by atoms with Gasteiger partial charge in [-0.15, -0.1) is 0 Å². The summed E-state index contributed by atoms with van der Waals surface area (Å²) >= 11 is 86.5. The van der Waals surface area contributed by atoms with Crippen LogP contribution in [0.5, 0.6) is 0 Å². The minimum atomic E-state index is -4.13. The molecular formula is C96H84Cl18N6O18S6. The average Bonchev–Trinajstić information content (AvgIpc) is 0.730. The highest BCUT2D eigenvalue weighted by molar-refractivity contribution is 7.94. The number of hydrogen-bond acceptors (Lipinski definition) is 18. The summed E-state index contributed by atoms with van der Waals surface area (Å²) in [6.45, 7) is 11.0. The van der Waals surface area contributed by atoms with Crippen LogP contribution in [0, 0.1) is 41.5 Å². The molecule has 0 amide bonds. The molecule has 0 unspecified atom stereocenters. The van der Waals surface area contributed by atoms with E-state index in [-0.39, 0.29) is 130 Å². The van der Waals surface area contributed by atoms with Gasteiger partial charge in [0, 0.05) is 75.7 Å². The number of benzene rings is 12. The molecule has 0 aliphatic heterocycles. The number of hydrogen-bond donors (Lipinski definition) is 0. The Balaban J connectivity index is 0.000000262. The van der Waals surface area contributed by atoms with Crippen molar-refractivity contribution in [3.8, 4) is 0 Å². The minimum Gasteiger partial charge on any atom is -0.288 e. The number of anilines is 6. The molecule has 768 valence electrons. The van der Waals surface area contributed by atoms with Crippen molar-refractivity contribution in [2.75, 3.05) is 68.1 Å². The summed E-state index contributed by atoms with van der Waals surface area (Å²) < 4.78 is 164. The van der Waals surface area contributed by atoms with Gasteiger partial charge in [-0.25, -0.2) is 50.5 Å². The van der Waals surface area contributed by atoms with Gasteiger partial charge in [-0.2, -0.15) is 0 Å². The van der Waals surface area contributed by atoms with Crippen molar-refractivity contribution in [2.45, 2.75) is 96.7 Å². The van der Waals surface area contributed by atoms with Crippen LogP contribution in [0.4, 0.5) is 34.1 Å². The molecule has 144 heavy (non-hydrogen) atoms. The third-order valence-corrected chi connectivity index (χ3v) is 31.9. The van der Waals surface area contributed by atoms with Gasteiger partial charge in [0.05, 0.1) is 96.9 Å². The lowest BCUT2D eigenvalue weighted by Crippen LogP contribution is -2.34. The number of sulfonamides is 6. The van der Waals surface area contributed by atoms with Crippen molar-refractivity contribution in [3.05, 3.63) is 355 Å². The van der Waals surface area contributed by atoms with Crippen LogP contribution in [0.2, 0.25) is 0 Å². The molecule has 0 radical (unpaired) electrons. The molecule has 0 saturated carbocycles. The topological polar surface area (TPSA) is 327 Å². The van der Waals surface area contributed by atoms with Crippen LogP contribution in [-0.4, -0.2) is 153 Å². The fourth-order valence-corrected chi connectivity index (χ4v) is 21.4. The second kappa shape index (κ2) is 53.2. The van der Waals surface area contributed by atoms with Gasteiger partial charge < -0.3 is 0 Å². The van der Waals surface area contributed by atoms with E-state index < -0.39 is 121 Å². The Labute approximate surface area is 926 Å². The number of aryl methyl sites for hydroxylation is 6. The minimum absolute atomic E-state index is 0.00692. The quantitative estimate of drug-likeness (QED) is 0.0720. The van der Waals surface area contributed by atoms with E-state index in [0.29, 0.717) is 0 Å². The molecule has 0 saturated heterocycles. The predicted molar refractivity (Wildman–Crippen MR) is 588 cm³/mol. The predicted octanol–water partition coefficient (Wildman–Crippen LogP) is 26.1. The van der Waals surface area contributed by atoms with Crippen molar-refractivity contribution in [3.63, 3.8) is 0 Å². The van der Waals surface area contributed by atoms with Crippen LogP contribution in [0.15, 0.2) is 284 Å². The molecule has 0 heterocycles. The molecule has 0 N–H and O–H groups in total. The number of alkyl halides is 18. The highest BCUT2D eigenvalue weighted by Gasteiger charge is 2.44. The molecule has 0 spiro atoms. The zero-order valence-corrected chi connectivity index (χ0v) is 95.5. The van der Waals surface area contributed by atoms with Gasteiger partial charge in [-0.1, -0.05) is 388 Å². The maximum absolute atomic E-state index is 13.9. The Hall–Kier alpha value is -7.62. The van der Waals surface area contributed by atoms with Gasteiger partial charge in [0.1, 0.15) is 0 Å². The van der Waals surface area contributed by atoms with E-state index in [1.807, 2.05) is 41.5 Å². The molecule has 24 nitrogen and oxygen atoms in total. The first-order chi connectivity index (χ1) is 66.9. The van der Waals surface area contributed by atoms with E-state index in [0.717, 1.165) is 59.2 Å². The van der Waals surface area contributed by atoms with Gasteiger partial charge >= 0.3 is 0 Å². The third-order valence-electron chi connectivity index (χ3n) is 21.2. The largest absolute Gasteiger partial charge is 0.288 e. The standard InChI is InChI=1S/3C30H26N2O6S2.6CHCl3/c3*1-19-9-13-21(14-10-19)39(35,36)31(3)25-17-18-26(32(4)40(37,38)22-15-11-20(2)12-16-22)28-27(25)29(33)23-7-5-6-8-24(23)30(28)34;6*2-1(3)4/h3*5-18H,1-4H3;6*1H. The molecule has 3 aliphatic carbocycles. The van der Waals surface area contributed by atoms with E-state index in [1.165, 1.54) is 188 Å². The van der Waals surface area contributed by atoms with Crippen LogP contribution < -0.4 is 25.8 Å². The van der Waals surface area contributed by atoms with Crippen molar-refractivity contribution in [1.29, 1.82) is 0 Å². The number of nitrogens with zero attached hydrogens (tertiary/aromatic N) is 6. The van der Waals surface area contributed by atoms with Crippen LogP contribution >= 0.6 is 209 Å². The van der Waals surface area contributed by atoms with Gasteiger partial charge in [-0.3, -0.25) is 54.6 Å². The van der Waals surface area contributed by atoms with Crippen molar-refractivity contribution < 1.29 is 79.3 Å². The first kappa shape index (κ1) is 123. The molecule has 0 bridgehead atoms. The Kier molecular flexibility index (Phi) is 45.5. The van der Waals surface area contributed by atoms with E-state index in [2.05, 4.69) is 0 Å². The molecular weight excluding hydrogens is 2360 g/mol. The maximum Gasteiger partial charge on any atom is 0.264 e. The third kappa shape index (κ3) is 30.4. The van der Waals surface area contributed by atoms with Crippen LogP contribution in [0.1, 0.15) is 129 Å². The SMILES string of the molecule is Cc1ccc(S(=O)(=O)N(C)c2ccc(N(C)S(=O)(=O)c3ccc(C)cc3)c3c2C(=O)c2ccccc2C3=O)cc1.Cc1ccc(S(=O)(=O)N(C)c2ccc(N(C)S(=O)(=O)c3ccc(C)cc3)c3c2C(=O)c2ccccc2C3=O)cc1.Cc1ccc(S(=O)(=O)N(C)c2ccc(N(C)S(=O)(=O)c3ccc(C)cc3)c3c2C(=O)c2ccccc2C3=O)cc1.ClC(Cl)Cl.ClC(Cl)Cl.ClC(Cl)Cl.ClC(Cl)Cl.ClC(Cl)Cl.ClC(Cl)Cl. The summed E-state index contributed by atoms with van der Waals surface area (Å²) in [5.74, 6) is -3.45. The van der Waals surface area contributed by atoms with Crippen molar-refractivity contribution in [2.24, 2.45) is 0 Å². The number of carbonyl (C=O) groups excluding carboxylic acids is 6. The molecule has 12 aromatic rings. The molecule has 0 aromatic heterocycles. The Morgan fingerprint density at radius 2 is 0.257 bits per heavy atom.